The lowest BCUT2D eigenvalue weighted by molar-refractivity contribution is 0.269. The Morgan fingerprint density at radius 3 is 2.70 bits per heavy atom. The number of nitrogens with one attached hydrogen (secondary N) is 1. The van der Waals surface area contributed by atoms with Crippen molar-refractivity contribution in [2.75, 3.05) is 11.9 Å². The normalized spacial score (nSPS) is 15.7. The molecule has 1 aromatic heterocycles. The molecule has 0 bridgehead atoms. The van der Waals surface area contributed by atoms with Crippen molar-refractivity contribution in [2.45, 2.75) is 47.1 Å². The molecule has 1 N–H and O–H groups in total. The molecule has 112 valence electrons. The number of hydrogen-bond donors (Lipinski definition) is 1. The predicted molar refractivity (Wildman–Crippen MR) is 83.3 cm³/mol. The second-order valence-electron chi connectivity index (χ2n) is 6.79. The molecular formula is C15H24ClN3O. The van der Waals surface area contributed by atoms with Crippen molar-refractivity contribution in [3.05, 3.63) is 21.6 Å². The van der Waals surface area contributed by atoms with E-state index in [0.29, 0.717) is 35.6 Å². The van der Waals surface area contributed by atoms with Crippen molar-refractivity contribution in [1.82, 2.24) is 9.78 Å². The van der Waals surface area contributed by atoms with Crippen molar-refractivity contribution in [3.8, 4) is 0 Å². The number of anilines is 1. The molecule has 1 aliphatic carbocycles. The summed E-state index contributed by atoms with van der Waals surface area (Å²) >= 11 is 6.12. The molecule has 4 nitrogen and oxygen atoms in total. The molecule has 0 unspecified atom stereocenters. The Hall–Kier alpha value is -1.03. The highest BCUT2D eigenvalue weighted by Crippen LogP contribution is 2.30. The zero-order valence-corrected chi connectivity index (χ0v) is 13.5. The predicted octanol–water partition coefficient (Wildman–Crippen LogP) is 3.40. The molecule has 1 heterocycles. The Bertz CT molecular complexity index is 532. The Morgan fingerprint density at radius 1 is 1.50 bits per heavy atom. The summed E-state index contributed by atoms with van der Waals surface area (Å²) in [6, 6.07) is 0. The SMILES string of the molecule is CC(C)C(C)(C)CNc1c(Cl)cnn(CC2CC2)c1=O. The van der Waals surface area contributed by atoms with Crippen molar-refractivity contribution < 1.29 is 0 Å². The van der Waals surface area contributed by atoms with Gasteiger partial charge < -0.3 is 5.32 Å². The van der Waals surface area contributed by atoms with Gasteiger partial charge in [-0.3, -0.25) is 4.79 Å². The summed E-state index contributed by atoms with van der Waals surface area (Å²) in [5.74, 6) is 1.13. The third kappa shape index (κ3) is 3.54. The minimum atomic E-state index is -0.107. The Kier molecular flexibility index (Phi) is 4.43. The fraction of sp³-hybridized carbons (Fsp3) is 0.733. The van der Waals surface area contributed by atoms with Gasteiger partial charge in [-0.2, -0.15) is 5.10 Å². The topological polar surface area (TPSA) is 46.9 Å². The van der Waals surface area contributed by atoms with Crippen LogP contribution >= 0.6 is 11.6 Å². The zero-order chi connectivity index (χ0) is 14.9. The smallest absolute Gasteiger partial charge is 0.291 e. The third-order valence-electron chi connectivity index (χ3n) is 4.41. The first kappa shape index (κ1) is 15.4. The maximum atomic E-state index is 12.4. The minimum absolute atomic E-state index is 0.0976. The maximum Gasteiger partial charge on any atom is 0.291 e. The standard InChI is InChI=1S/C15H24ClN3O/c1-10(2)15(3,4)9-17-13-12(16)7-18-19(14(13)20)8-11-5-6-11/h7,10-11,17H,5-6,8-9H2,1-4H3. The van der Waals surface area contributed by atoms with E-state index in [1.807, 2.05) is 0 Å². The van der Waals surface area contributed by atoms with Crippen LogP contribution < -0.4 is 10.9 Å². The van der Waals surface area contributed by atoms with Crippen molar-refractivity contribution in [2.24, 2.45) is 17.3 Å². The molecule has 0 atom stereocenters. The second-order valence-corrected chi connectivity index (χ2v) is 7.20. The number of nitrogens with zero attached hydrogens (tertiary/aromatic N) is 2. The van der Waals surface area contributed by atoms with Gasteiger partial charge in [-0.25, -0.2) is 4.68 Å². The van der Waals surface area contributed by atoms with Crippen LogP contribution in [0.5, 0.6) is 0 Å². The average Bonchev–Trinajstić information content (AvgIpc) is 3.16. The number of halogens is 1. The molecule has 0 radical (unpaired) electrons. The van der Waals surface area contributed by atoms with Crippen LogP contribution in [0.4, 0.5) is 5.69 Å². The van der Waals surface area contributed by atoms with Gasteiger partial charge in [0, 0.05) is 13.1 Å². The van der Waals surface area contributed by atoms with Gasteiger partial charge in [-0.15, -0.1) is 0 Å². The number of hydrogen-bond acceptors (Lipinski definition) is 3. The van der Waals surface area contributed by atoms with E-state index in [1.54, 1.807) is 6.20 Å². The van der Waals surface area contributed by atoms with E-state index in [0.717, 1.165) is 0 Å². The van der Waals surface area contributed by atoms with E-state index < -0.39 is 0 Å². The number of aromatic nitrogens is 2. The first-order chi connectivity index (χ1) is 9.31. The lowest BCUT2D eigenvalue weighted by Gasteiger charge is -2.29. The van der Waals surface area contributed by atoms with Crippen molar-refractivity contribution in [1.29, 1.82) is 0 Å². The molecule has 20 heavy (non-hydrogen) atoms. The van der Waals surface area contributed by atoms with Crippen LogP contribution in [-0.2, 0) is 6.54 Å². The van der Waals surface area contributed by atoms with E-state index >= 15 is 0 Å². The molecule has 0 spiro atoms. The highest BCUT2D eigenvalue weighted by Gasteiger charge is 2.25. The summed E-state index contributed by atoms with van der Waals surface area (Å²) < 4.78 is 1.54. The molecule has 5 heteroatoms. The fourth-order valence-electron chi connectivity index (χ4n) is 1.82. The van der Waals surface area contributed by atoms with Crippen LogP contribution in [0.2, 0.25) is 5.02 Å². The highest BCUT2D eigenvalue weighted by molar-refractivity contribution is 6.32. The Balaban J connectivity index is 2.15. The molecule has 2 rings (SSSR count). The summed E-state index contributed by atoms with van der Waals surface area (Å²) in [5, 5.41) is 7.77. The molecule has 1 fully saturated rings. The molecule has 1 saturated carbocycles. The van der Waals surface area contributed by atoms with E-state index in [-0.39, 0.29) is 11.0 Å². The average molecular weight is 298 g/mol. The molecule has 1 aromatic rings. The monoisotopic (exact) mass is 297 g/mol. The van der Waals surface area contributed by atoms with Gasteiger partial charge in [-0.05, 0) is 30.1 Å². The zero-order valence-electron chi connectivity index (χ0n) is 12.7. The Morgan fingerprint density at radius 2 is 2.15 bits per heavy atom. The molecule has 1 aliphatic rings. The number of rotatable bonds is 6. The lowest BCUT2D eigenvalue weighted by Crippen LogP contribution is -2.32. The summed E-state index contributed by atoms with van der Waals surface area (Å²) in [7, 11) is 0. The van der Waals surface area contributed by atoms with Gasteiger partial charge in [-0.1, -0.05) is 39.3 Å². The molecule has 0 amide bonds. The minimum Gasteiger partial charge on any atom is -0.379 e. The van der Waals surface area contributed by atoms with E-state index in [4.69, 9.17) is 11.6 Å². The lowest BCUT2D eigenvalue weighted by atomic mass is 9.81. The van der Waals surface area contributed by atoms with E-state index in [9.17, 15) is 4.79 Å². The van der Waals surface area contributed by atoms with Crippen LogP contribution in [0, 0.1) is 17.3 Å². The van der Waals surface area contributed by atoms with E-state index in [1.165, 1.54) is 17.5 Å². The first-order valence-corrected chi connectivity index (χ1v) is 7.68. The molecule has 0 saturated heterocycles. The molecular weight excluding hydrogens is 274 g/mol. The van der Waals surface area contributed by atoms with Gasteiger partial charge in [0.25, 0.3) is 5.56 Å². The van der Waals surface area contributed by atoms with E-state index in [2.05, 4.69) is 38.1 Å². The molecule has 0 aliphatic heterocycles. The Labute approximate surface area is 125 Å². The van der Waals surface area contributed by atoms with Gasteiger partial charge >= 0.3 is 0 Å². The van der Waals surface area contributed by atoms with Crippen LogP contribution in [0.15, 0.2) is 11.0 Å². The van der Waals surface area contributed by atoms with Crippen LogP contribution in [0.25, 0.3) is 0 Å². The van der Waals surface area contributed by atoms with Crippen LogP contribution in [0.1, 0.15) is 40.5 Å². The fourth-order valence-corrected chi connectivity index (χ4v) is 2.02. The molecule has 0 aromatic carbocycles. The maximum absolute atomic E-state index is 12.4. The van der Waals surface area contributed by atoms with Crippen molar-refractivity contribution >= 4 is 17.3 Å². The van der Waals surface area contributed by atoms with Gasteiger partial charge in [0.1, 0.15) is 5.69 Å². The third-order valence-corrected chi connectivity index (χ3v) is 4.70. The van der Waals surface area contributed by atoms with Crippen molar-refractivity contribution in [3.63, 3.8) is 0 Å². The first-order valence-electron chi connectivity index (χ1n) is 7.31. The van der Waals surface area contributed by atoms with Gasteiger partial charge in [0.05, 0.1) is 11.2 Å². The summed E-state index contributed by atoms with van der Waals surface area (Å²) in [6.45, 7) is 10.2. The largest absolute Gasteiger partial charge is 0.379 e. The summed E-state index contributed by atoms with van der Waals surface area (Å²) in [6.07, 6.45) is 3.95. The summed E-state index contributed by atoms with van der Waals surface area (Å²) in [4.78, 5) is 12.4. The van der Waals surface area contributed by atoms with Gasteiger partial charge in [0.2, 0.25) is 0 Å². The highest BCUT2D eigenvalue weighted by atomic mass is 35.5. The quantitative estimate of drug-likeness (QED) is 0.875. The van der Waals surface area contributed by atoms with Crippen LogP contribution in [-0.4, -0.2) is 16.3 Å². The second kappa shape index (κ2) is 5.76. The summed E-state index contributed by atoms with van der Waals surface area (Å²) in [5.41, 5.74) is 0.473. The van der Waals surface area contributed by atoms with Crippen LogP contribution in [0.3, 0.4) is 0 Å². The van der Waals surface area contributed by atoms with Gasteiger partial charge in [0.15, 0.2) is 0 Å².